The molecule has 0 amide bonds. The molecule has 2 atom stereocenters. The zero-order valence-corrected chi connectivity index (χ0v) is 17.0. The molecule has 4 rings (SSSR count). The van der Waals surface area contributed by atoms with Crippen molar-refractivity contribution in [3.8, 4) is 0 Å². The summed E-state index contributed by atoms with van der Waals surface area (Å²) in [6.07, 6.45) is 7.26. The lowest BCUT2D eigenvalue weighted by Gasteiger charge is -2.35. The van der Waals surface area contributed by atoms with Crippen LogP contribution >= 0.6 is 11.6 Å². The maximum atomic E-state index is 13.3. The first kappa shape index (κ1) is 19.4. The Kier molecular flexibility index (Phi) is 5.68. The van der Waals surface area contributed by atoms with Crippen molar-refractivity contribution < 1.29 is 14.3 Å². The Morgan fingerprint density at radius 2 is 1.86 bits per heavy atom. The fourth-order valence-electron chi connectivity index (χ4n) is 4.80. The number of hydrogen-bond acceptors (Lipinski definition) is 4. The monoisotopic (exact) mass is 399 g/mol. The van der Waals surface area contributed by atoms with Gasteiger partial charge < -0.3 is 4.74 Å². The van der Waals surface area contributed by atoms with Crippen molar-refractivity contribution in [2.75, 3.05) is 0 Å². The molecule has 0 aromatic heterocycles. The zero-order chi connectivity index (χ0) is 19.7. The first-order chi connectivity index (χ1) is 13.6. The molecule has 5 heteroatoms. The minimum absolute atomic E-state index is 0.0293. The molecule has 0 bridgehead atoms. The van der Waals surface area contributed by atoms with Gasteiger partial charge in [-0.25, -0.2) is 0 Å². The van der Waals surface area contributed by atoms with Crippen LogP contribution in [0.1, 0.15) is 69.8 Å². The highest BCUT2D eigenvalue weighted by atomic mass is 35.5. The number of carbonyl (C=O) groups is 2. The smallest absolute Gasteiger partial charge is 0.315 e. The summed E-state index contributed by atoms with van der Waals surface area (Å²) in [5.74, 6) is -1.20. The molecule has 0 N–H and O–H groups in total. The second kappa shape index (κ2) is 8.20. The molecule has 28 heavy (non-hydrogen) atoms. The van der Waals surface area contributed by atoms with Gasteiger partial charge in [0.05, 0.1) is 0 Å². The number of Topliss-reactive ketones (excluding diaryl/α,β-unsaturated/α-hetero) is 1. The van der Waals surface area contributed by atoms with E-state index < -0.39 is 11.8 Å². The van der Waals surface area contributed by atoms with Gasteiger partial charge in [0.15, 0.2) is 5.78 Å². The highest BCUT2D eigenvalue weighted by molar-refractivity contribution is 6.31. The van der Waals surface area contributed by atoms with Crippen LogP contribution in [-0.2, 0) is 14.3 Å². The lowest BCUT2D eigenvalue weighted by molar-refractivity contribution is -0.153. The Labute approximate surface area is 171 Å². The summed E-state index contributed by atoms with van der Waals surface area (Å²) in [5, 5.41) is 0.572. The zero-order valence-electron chi connectivity index (χ0n) is 16.2. The third-order valence-corrected chi connectivity index (χ3v) is 6.51. The van der Waals surface area contributed by atoms with Crippen molar-refractivity contribution in [2.24, 2.45) is 10.9 Å². The van der Waals surface area contributed by atoms with E-state index >= 15 is 0 Å². The van der Waals surface area contributed by atoms with Gasteiger partial charge in [-0.1, -0.05) is 36.2 Å². The van der Waals surface area contributed by atoms with Crippen LogP contribution < -0.4 is 0 Å². The topological polar surface area (TPSA) is 55.7 Å². The number of nitrogens with zero attached hydrogens (tertiary/aromatic N) is 1. The van der Waals surface area contributed by atoms with Gasteiger partial charge in [0.2, 0.25) is 0 Å². The van der Waals surface area contributed by atoms with E-state index in [1.54, 1.807) is 0 Å². The van der Waals surface area contributed by atoms with E-state index in [0.717, 1.165) is 55.5 Å². The van der Waals surface area contributed by atoms with Crippen LogP contribution in [-0.4, -0.2) is 23.6 Å². The molecule has 1 aromatic carbocycles. The van der Waals surface area contributed by atoms with Crippen molar-refractivity contribution >= 4 is 29.1 Å². The van der Waals surface area contributed by atoms with Crippen LogP contribution in [0.5, 0.6) is 0 Å². The van der Waals surface area contributed by atoms with Crippen molar-refractivity contribution in [1.82, 2.24) is 0 Å². The lowest BCUT2D eigenvalue weighted by atomic mass is 9.71. The number of hydrogen-bond donors (Lipinski definition) is 0. The molecule has 3 aliphatic rings. The van der Waals surface area contributed by atoms with Crippen LogP contribution in [0.15, 0.2) is 40.5 Å². The second-order valence-corrected chi connectivity index (χ2v) is 8.47. The Morgan fingerprint density at radius 1 is 1.11 bits per heavy atom. The predicted octanol–water partition coefficient (Wildman–Crippen LogP) is 5.40. The van der Waals surface area contributed by atoms with Gasteiger partial charge >= 0.3 is 5.97 Å². The van der Waals surface area contributed by atoms with E-state index in [1.807, 2.05) is 31.2 Å². The van der Waals surface area contributed by atoms with E-state index in [0.29, 0.717) is 17.0 Å². The summed E-state index contributed by atoms with van der Waals surface area (Å²) < 4.78 is 5.91. The minimum Gasteiger partial charge on any atom is -0.462 e. The fraction of sp³-hybridized carbons (Fsp3) is 0.522. The van der Waals surface area contributed by atoms with Gasteiger partial charge in [-0.05, 0) is 57.1 Å². The normalized spacial score (nSPS) is 25.9. The largest absolute Gasteiger partial charge is 0.462 e. The van der Waals surface area contributed by atoms with E-state index in [-0.39, 0.29) is 17.9 Å². The van der Waals surface area contributed by atoms with Gasteiger partial charge in [-0.3, -0.25) is 14.6 Å². The maximum Gasteiger partial charge on any atom is 0.315 e. The van der Waals surface area contributed by atoms with Gasteiger partial charge in [-0.2, -0.15) is 0 Å². The number of ether oxygens (including phenoxy) is 1. The average Bonchev–Trinajstić information content (AvgIpc) is 2.68. The van der Waals surface area contributed by atoms with Crippen LogP contribution in [0, 0.1) is 5.92 Å². The molecule has 148 valence electrons. The first-order valence-electron chi connectivity index (χ1n) is 10.3. The molecule has 0 saturated heterocycles. The van der Waals surface area contributed by atoms with Crippen LogP contribution in [0.3, 0.4) is 0 Å². The predicted molar refractivity (Wildman–Crippen MR) is 110 cm³/mol. The summed E-state index contributed by atoms with van der Waals surface area (Å²) in [6, 6.07) is 7.50. The highest BCUT2D eigenvalue weighted by Gasteiger charge is 2.44. The number of ketones is 1. The first-order valence-corrected chi connectivity index (χ1v) is 10.7. The summed E-state index contributed by atoms with van der Waals surface area (Å²) in [7, 11) is 0. The van der Waals surface area contributed by atoms with Crippen molar-refractivity contribution in [3.05, 3.63) is 46.1 Å². The van der Waals surface area contributed by atoms with Crippen molar-refractivity contribution in [2.45, 2.75) is 70.3 Å². The van der Waals surface area contributed by atoms with Gasteiger partial charge in [0.25, 0.3) is 0 Å². The quantitative estimate of drug-likeness (QED) is 0.639. The van der Waals surface area contributed by atoms with Gasteiger partial charge in [-0.15, -0.1) is 0 Å². The number of aliphatic imine (C=N–C) groups is 1. The van der Waals surface area contributed by atoms with Crippen LogP contribution in [0.2, 0.25) is 5.02 Å². The van der Waals surface area contributed by atoms with Crippen LogP contribution in [0.4, 0.5) is 0 Å². The average molecular weight is 400 g/mol. The van der Waals surface area contributed by atoms with E-state index in [4.69, 9.17) is 16.3 Å². The maximum absolute atomic E-state index is 13.3. The third kappa shape index (κ3) is 3.67. The molecule has 0 spiro atoms. The third-order valence-electron chi connectivity index (χ3n) is 6.16. The molecule has 1 heterocycles. The summed E-state index contributed by atoms with van der Waals surface area (Å²) in [5.41, 5.74) is 3.02. The minimum atomic E-state index is -0.595. The highest BCUT2D eigenvalue weighted by Crippen LogP contribution is 2.45. The van der Waals surface area contributed by atoms with E-state index in [9.17, 15) is 9.59 Å². The second-order valence-electron chi connectivity index (χ2n) is 8.06. The molecular weight excluding hydrogens is 374 g/mol. The van der Waals surface area contributed by atoms with Crippen LogP contribution in [0.25, 0.3) is 0 Å². The number of rotatable bonds is 3. The Bertz CT molecular complexity index is 851. The number of halogens is 1. The molecule has 0 radical (unpaired) electrons. The molecule has 1 fully saturated rings. The molecule has 2 aliphatic carbocycles. The Morgan fingerprint density at radius 3 is 2.61 bits per heavy atom. The number of allylic oxidation sites excluding steroid dienone is 2. The van der Waals surface area contributed by atoms with Crippen molar-refractivity contribution in [1.29, 1.82) is 0 Å². The van der Waals surface area contributed by atoms with Gasteiger partial charge in [0.1, 0.15) is 12.0 Å². The SMILES string of the molecule is CC1=NC2=C(C(=O)CCC2)[C@H](c2ccccc2Cl)C1C(=O)OC1CCCCC1. The summed E-state index contributed by atoms with van der Waals surface area (Å²) >= 11 is 6.52. The molecule has 1 aromatic rings. The number of carbonyl (C=O) groups excluding carboxylic acids is 2. The van der Waals surface area contributed by atoms with Crippen molar-refractivity contribution in [3.63, 3.8) is 0 Å². The van der Waals surface area contributed by atoms with Gasteiger partial charge in [0, 0.05) is 34.3 Å². The number of benzene rings is 1. The lowest BCUT2D eigenvalue weighted by Crippen LogP contribution is -2.39. The Balaban J connectivity index is 1.74. The molecule has 1 unspecified atom stereocenters. The molecule has 1 saturated carbocycles. The number of esters is 1. The van der Waals surface area contributed by atoms with E-state index in [2.05, 4.69) is 4.99 Å². The van der Waals surface area contributed by atoms with E-state index in [1.165, 1.54) is 6.42 Å². The standard InChI is InChI=1S/C23H26ClNO3/c1-14-20(23(27)28-15-8-3-2-4-9-15)21(16-10-5-6-11-17(16)24)22-18(25-14)12-7-13-19(22)26/h5-6,10-11,15,20-21H,2-4,7-9,12-13H2,1H3/t20?,21-/m1/s1. The Hall–Kier alpha value is -1.94. The molecular formula is C23H26ClNO3. The fourth-order valence-corrected chi connectivity index (χ4v) is 5.05. The molecule has 1 aliphatic heterocycles. The molecule has 4 nitrogen and oxygen atoms in total. The summed E-state index contributed by atoms with van der Waals surface area (Å²) in [4.78, 5) is 30.8. The summed E-state index contributed by atoms with van der Waals surface area (Å²) in [6.45, 7) is 1.87.